The highest BCUT2D eigenvalue weighted by atomic mass is 16.5. The summed E-state index contributed by atoms with van der Waals surface area (Å²) in [6, 6.07) is 12.9. The molecule has 2 heterocycles. The van der Waals surface area contributed by atoms with Crippen LogP contribution in [0.15, 0.2) is 70.9 Å². The number of aliphatic hydroxyl groups excluding tert-OH is 1. The Labute approximate surface area is 177 Å². The van der Waals surface area contributed by atoms with Crippen LogP contribution >= 0.6 is 0 Å². The van der Waals surface area contributed by atoms with Crippen molar-refractivity contribution in [3.8, 4) is 17.2 Å². The molecule has 0 bridgehead atoms. The van der Waals surface area contributed by atoms with Gasteiger partial charge in [-0.25, -0.2) is 0 Å². The highest BCUT2D eigenvalue weighted by Crippen LogP contribution is 2.45. The lowest BCUT2D eigenvalue weighted by Crippen LogP contribution is -2.29. The van der Waals surface area contributed by atoms with Gasteiger partial charge < -0.3 is 24.1 Å². The topological polar surface area (TPSA) is 109 Å². The van der Waals surface area contributed by atoms with E-state index in [1.165, 1.54) is 38.7 Å². The molecule has 1 aliphatic rings. The molecule has 0 radical (unpaired) electrons. The Bertz CT molecular complexity index is 1180. The number of hydrogen-bond acceptors (Lipinski definition) is 7. The molecule has 8 heteroatoms. The van der Waals surface area contributed by atoms with E-state index >= 15 is 0 Å². The molecule has 0 aliphatic carbocycles. The minimum absolute atomic E-state index is 0.114. The van der Waals surface area contributed by atoms with Crippen LogP contribution in [0, 0.1) is 0 Å². The van der Waals surface area contributed by atoms with E-state index in [1.54, 1.807) is 36.4 Å². The summed E-state index contributed by atoms with van der Waals surface area (Å²) in [5, 5.41) is 21.5. The number of carbonyl (C=O) groups is 2. The van der Waals surface area contributed by atoms with E-state index in [9.17, 15) is 19.8 Å². The van der Waals surface area contributed by atoms with Gasteiger partial charge in [0.2, 0.25) is 0 Å². The average molecular weight is 421 g/mol. The first kappa shape index (κ1) is 20.1. The molecule has 1 saturated heterocycles. The van der Waals surface area contributed by atoms with Crippen LogP contribution in [0.1, 0.15) is 17.4 Å². The van der Waals surface area contributed by atoms with Crippen molar-refractivity contribution in [1.29, 1.82) is 0 Å². The van der Waals surface area contributed by atoms with Crippen molar-refractivity contribution in [1.82, 2.24) is 0 Å². The number of hydrogen-bond donors (Lipinski definition) is 2. The number of para-hydroxylation sites is 2. The van der Waals surface area contributed by atoms with Crippen molar-refractivity contribution in [2.24, 2.45) is 0 Å². The van der Waals surface area contributed by atoms with Crippen LogP contribution in [0.25, 0.3) is 5.76 Å². The number of aliphatic hydroxyl groups is 1. The number of carbonyl (C=O) groups excluding carboxylic acids is 2. The van der Waals surface area contributed by atoms with Gasteiger partial charge in [-0.1, -0.05) is 12.1 Å². The molecular weight excluding hydrogens is 402 g/mol. The van der Waals surface area contributed by atoms with E-state index in [4.69, 9.17) is 13.9 Å². The molecule has 2 aromatic carbocycles. The van der Waals surface area contributed by atoms with Crippen LogP contribution in [-0.2, 0) is 9.59 Å². The van der Waals surface area contributed by atoms with E-state index in [1.807, 2.05) is 0 Å². The lowest BCUT2D eigenvalue weighted by atomic mass is 9.98. The van der Waals surface area contributed by atoms with Gasteiger partial charge in [-0.2, -0.15) is 0 Å². The molecule has 3 aromatic rings. The summed E-state index contributed by atoms with van der Waals surface area (Å²) in [4.78, 5) is 27.2. The van der Waals surface area contributed by atoms with Crippen molar-refractivity contribution in [2.45, 2.75) is 6.04 Å². The van der Waals surface area contributed by atoms with E-state index < -0.39 is 23.5 Å². The molecule has 1 aliphatic heterocycles. The number of ether oxygens (including phenoxy) is 2. The van der Waals surface area contributed by atoms with Crippen LogP contribution < -0.4 is 14.4 Å². The number of Topliss-reactive ketones (excluding diaryl/α,β-unsaturated/α-hetero) is 1. The third-order valence-electron chi connectivity index (χ3n) is 5.06. The third kappa shape index (κ3) is 3.28. The van der Waals surface area contributed by atoms with Crippen molar-refractivity contribution in [3.05, 3.63) is 77.8 Å². The van der Waals surface area contributed by atoms with Gasteiger partial charge in [0.05, 0.1) is 37.3 Å². The van der Waals surface area contributed by atoms with Gasteiger partial charge >= 0.3 is 0 Å². The number of rotatable bonds is 5. The second-order valence-corrected chi connectivity index (χ2v) is 6.74. The minimum Gasteiger partial charge on any atom is -0.507 e. The summed E-state index contributed by atoms with van der Waals surface area (Å²) in [7, 11) is 2.88. The zero-order chi connectivity index (χ0) is 22.1. The molecule has 1 amide bonds. The smallest absolute Gasteiger partial charge is 0.300 e. The maximum absolute atomic E-state index is 13.1. The van der Waals surface area contributed by atoms with Crippen molar-refractivity contribution in [3.63, 3.8) is 0 Å². The van der Waals surface area contributed by atoms with Crippen LogP contribution in [0.3, 0.4) is 0 Å². The highest BCUT2D eigenvalue weighted by molar-refractivity contribution is 6.51. The maximum Gasteiger partial charge on any atom is 0.300 e. The van der Waals surface area contributed by atoms with Gasteiger partial charge in [0.25, 0.3) is 11.7 Å². The number of methoxy groups -OCH3 is 2. The summed E-state index contributed by atoms with van der Waals surface area (Å²) >= 11 is 0. The van der Waals surface area contributed by atoms with Gasteiger partial charge in [-0.3, -0.25) is 14.5 Å². The number of amides is 1. The first-order valence-corrected chi connectivity index (χ1v) is 9.32. The molecule has 0 spiro atoms. The first-order chi connectivity index (χ1) is 15.0. The largest absolute Gasteiger partial charge is 0.507 e. The second-order valence-electron chi connectivity index (χ2n) is 6.74. The summed E-state index contributed by atoms with van der Waals surface area (Å²) in [5.41, 5.74) is 0.0890. The van der Waals surface area contributed by atoms with Crippen LogP contribution in [-0.4, -0.2) is 36.1 Å². The fourth-order valence-corrected chi connectivity index (χ4v) is 3.61. The average Bonchev–Trinajstić information content (AvgIpc) is 3.40. The fraction of sp³-hybridized carbons (Fsp3) is 0.130. The van der Waals surface area contributed by atoms with Crippen LogP contribution in [0.5, 0.6) is 17.2 Å². The molecule has 0 saturated carbocycles. The molecule has 1 aromatic heterocycles. The molecule has 2 N–H and O–H groups in total. The Balaban J connectivity index is 1.98. The zero-order valence-electron chi connectivity index (χ0n) is 16.7. The van der Waals surface area contributed by atoms with Gasteiger partial charge in [-0.15, -0.1) is 0 Å². The Morgan fingerprint density at radius 3 is 2.45 bits per heavy atom. The predicted octanol–water partition coefficient (Wildman–Crippen LogP) is 3.63. The summed E-state index contributed by atoms with van der Waals surface area (Å²) in [6.07, 6.45) is 1.40. The SMILES string of the molecule is COc1ccc(OC)c(/C(O)=C2/C(=O)C(=O)N(c3ccccc3O)C2c2ccco2)c1. The van der Waals surface area contributed by atoms with Gasteiger partial charge in [0, 0.05) is 0 Å². The quantitative estimate of drug-likeness (QED) is 0.368. The van der Waals surface area contributed by atoms with Crippen LogP contribution in [0.4, 0.5) is 5.69 Å². The Hall–Kier alpha value is -4.20. The number of phenolic OH excluding ortho intramolecular Hbond substituents is 1. The summed E-state index contributed by atoms with van der Waals surface area (Å²) < 4.78 is 16.0. The van der Waals surface area contributed by atoms with E-state index in [0.717, 1.165) is 4.90 Å². The van der Waals surface area contributed by atoms with E-state index in [2.05, 4.69) is 0 Å². The molecule has 1 atom stereocenters. The highest BCUT2D eigenvalue weighted by Gasteiger charge is 2.49. The standard InChI is InChI=1S/C23H19NO7/c1-29-13-9-10-17(30-2)14(12-13)21(26)19-20(18-8-5-11-31-18)24(23(28)22(19)27)15-6-3-4-7-16(15)25/h3-12,20,25-26H,1-2H3/b21-19-. The van der Waals surface area contributed by atoms with Crippen molar-refractivity contribution < 1.29 is 33.7 Å². The van der Waals surface area contributed by atoms with Gasteiger partial charge in [-0.05, 0) is 42.5 Å². The predicted molar refractivity (Wildman–Crippen MR) is 111 cm³/mol. The van der Waals surface area contributed by atoms with Gasteiger partial charge in [0.1, 0.15) is 34.8 Å². The van der Waals surface area contributed by atoms with Crippen molar-refractivity contribution >= 4 is 23.1 Å². The Morgan fingerprint density at radius 2 is 1.81 bits per heavy atom. The number of furan rings is 1. The molecular formula is C23H19NO7. The molecule has 4 rings (SSSR count). The summed E-state index contributed by atoms with van der Waals surface area (Å²) in [6.45, 7) is 0. The Kier molecular flexibility index (Phi) is 5.12. The maximum atomic E-state index is 13.1. The normalized spacial score (nSPS) is 17.7. The number of nitrogens with zero attached hydrogens (tertiary/aromatic N) is 1. The monoisotopic (exact) mass is 421 g/mol. The Morgan fingerprint density at radius 1 is 1.03 bits per heavy atom. The fourth-order valence-electron chi connectivity index (χ4n) is 3.61. The summed E-state index contributed by atoms with van der Waals surface area (Å²) in [5.74, 6) is -1.53. The number of ketones is 1. The third-order valence-corrected chi connectivity index (χ3v) is 5.06. The van der Waals surface area contributed by atoms with E-state index in [0.29, 0.717) is 5.75 Å². The lowest BCUT2D eigenvalue weighted by Gasteiger charge is -2.24. The molecule has 1 unspecified atom stereocenters. The number of phenols is 1. The molecule has 31 heavy (non-hydrogen) atoms. The van der Waals surface area contributed by atoms with Gasteiger partial charge in [0.15, 0.2) is 0 Å². The van der Waals surface area contributed by atoms with Crippen molar-refractivity contribution in [2.75, 3.05) is 19.1 Å². The molecule has 8 nitrogen and oxygen atoms in total. The molecule has 158 valence electrons. The zero-order valence-corrected chi connectivity index (χ0v) is 16.7. The molecule has 1 fully saturated rings. The number of aromatic hydroxyl groups is 1. The van der Waals surface area contributed by atoms with E-state index in [-0.39, 0.29) is 34.1 Å². The lowest BCUT2D eigenvalue weighted by molar-refractivity contribution is -0.132. The number of benzene rings is 2. The first-order valence-electron chi connectivity index (χ1n) is 9.32. The second kappa shape index (κ2) is 7.91. The van der Waals surface area contributed by atoms with Crippen LogP contribution in [0.2, 0.25) is 0 Å². The minimum atomic E-state index is -1.10. The number of anilines is 1.